The van der Waals surface area contributed by atoms with Crippen LogP contribution in [0.25, 0.3) is 0 Å². The van der Waals surface area contributed by atoms with Crippen molar-refractivity contribution < 1.29 is 9.72 Å². The number of hydrogen-bond donors (Lipinski definition) is 1. The second-order valence-corrected chi connectivity index (χ2v) is 5.40. The number of hydrogen-bond acceptors (Lipinski definition) is 3. The number of nitro benzene ring substituents is 1. The fourth-order valence-corrected chi connectivity index (χ4v) is 2.53. The summed E-state index contributed by atoms with van der Waals surface area (Å²) in [7, 11) is 0. The van der Waals surface area contributed by atoms with Crippen LogP contribution in [0.2, 0.25) is 0 Å². The van der Waals surface area contributed by atoms with Gasteiger partial charge in [-0.15, -0.1) is 0 Å². The molecule has 0 heterocycles. The Morgan fingerprint density at radius 2 is 1.71 bits per heavy atom. The molecule has 5 heteroatoms. The van der Waals surface area contributed by atoms with Gasteiger partial charge in [0.1, 0.15) is 0 Å². The lowest BCUT2D eigenvalue weighted by Gasteiger charge is -2.24. The van der Waals surface area contributed by atoms with E-state index in [1.807, 2.05) is 6.92 Å². The lowest BCUT2D eigenvalue weighted by Crippen LogP contribution is -2.38. The van der Waals surface area contributed by atoms with Crippen LogP contribution in [0.1, 0.15) is 56.8 Å². The molecule has 1 aromatic carbocycles. The number of rotatable bonds is 8. The molecule has 1 aromatic rings. The van der Waals surface area contributed by atoms with Gasteiger partial charge in [-0.1, -0.05) is 26.7 Å². The lowest BCUT2D eigenvalue weighted by molar-refractivity contribution is -0.384. The monoisotopic (exact) mass is 292 g/mol. The van der Waals surface area contributed by atoms with Gasteiger partial charge in [0.15, 0.2) is 0 Å². The highest BCUT2D eigenvalue weighted by Crippen LogP contribution is 2.18. The summed E-state index contributed by atoms with van der Waals surface area (Å²) in [5.41, 5.74) is 0.452. The molecule has 21 heavy (non-hydrogen) atoms. The molecule has 1 rings (SSSR count). The molecule has 0 bridgehead atoms. The SMILES string of the molecule is CCCC(CCC)C(C)NC(=O)c1ccc([N+](=O)[O-])cc1. The van der Waals surface area contributed by atoms with Crippen molar-refractivity contribution in [2.45, 2.75) is 52.5 Å². The van der Waals surface area contributed by atoms with Crippen molar-refractivity contribution in [2.24, 2.45) is 5.92 Å². The normalized spacial score (nSPS) is 12.2. The second kappa shape index (κ2) is 8.39. The molecule has 0 saturated heterocycles. The number of nitrogens with zero attached hydrogens (tertiary/aromatic N) is 1. The van der Waals surface area contributed by atoms with Crippen LogP contribution in [0, 0.1) is 16.0 Å². The first-order chi connectivity index (χ1) is 9.99. The first-order valence-electron chi connectivity index (χ1n) is 7.54. The number of carbonyl (C=O) groups is 1. The number of carbonyl (C=O) groups excluding carboxylic acids is 1. The molecule has 0 spiro atoms. The summed E-state index contributed by atoms with van der Waals surface area (Å²) in [5, 5.41) is 13.6. The maximum absolute atomic E-state index is 12.2. The third-order valence-corrected chi connectivity index (χ3v) is 3.73. The Kier molecular flexibility index (Phi) is 6.85. The van der Waals surface area contributed by atoms with E-state index in [1.165, 1.54) is 24.3 Å². The molecule has 1 amide bonds. The van der Waals surface area contributed by atoms with Crippen LogP contribution >= 0.6 is 0 Å². The molecule has 1 atom stereocenters. The molecule has 0 aliphatic rings. The molecule has 1 N–H and O–H groups in total. The molecule has 1 unspecified atom stereocenters. The Morgan fingerprint density at radius 3 is 2.14 bits per heavy atom. The van der Waals surface area contributed by atoms with Crippen molar-refractivity contribution >= 4 is 11.6 Å². The van der Waals surface area contributed by atoms with Gasteiger partial charge < -0.3 is 5.32 Å². The third-order valence-electron chi connectivity index (χ3n) is 3.73. The van der Waals surface area contributed by atoms with Crippen LogP contribution in [0.3, 0.4) is 0 Å². The molecule has 0 saturated carbocycles. The summed E-state index contributed by atoms with van der Waals surface area (Å²) in [4.78, 5) is 22.3. The fourth-order valence-electron chi connectivity index (χ4n) is 2.53. The summed E-state index contributed by atoms with van der Waals surface area (Å²) < 4.78 is 0. The van der Waals surface area contributed by atoms with Crippen LogP contribution in [0.15, 0.2) is 24.3 Å². The fraction of sp³-hybridized carbons (Fsp3) is 0.562. The highest BCUT2D eigenvalue weighted by molar-refractivity contribution is 5.94. The van der Waals surface area contributed by atoms with Crippen LogP contribution in [0.4, 0.5) is 5.69 Å². The summed E-state index contributed by atoms with van der Waals surface area (Å²) in [6, 6.07) is 5.81. The number of benzene rings is 1. The van der Waals surface area contributed by atoms with Gasteiger partial charge in [-0.25, -0.2) is 0 Å². The van der Waals surface area contributed by atoms with Gasteiger partial charge in [0.2, 0.25) is 0 Å². The first-order valence-corrected chi connectivity index (χ1v) is 7.54. The van der Waals surface area contributed by atoms with E-state index >= 15 is 0 Å². The predicted octanol–water partition coefficient (Wildman–Crippen LogP) is 3.93. The zero-order valence-electron chi connectivity index (χ0n) is 13.0. The van der Waals surface area contributed by atoms with E-state index in [0.717, 1.165) is 25.7 Å². The minimum Gasteiger partial charge on any atom is -0.349 e. The molecule has 0 aliphatic heterocycles. The van der Waals surface area contributed by atoms with Crippen molar-refractivity contribution in [3.05, 3.63) is 39.9 Å². The maximum atomic E-state index is 12.2. The summed E-state index contributed by atoms with van der Waals surface area (Å²) in [6.45, 7) is 6.32. The summed E-state index contributed by atoms with van der Waals surface area (Å²) in [5.74, 6) is 0.302. The topological polar surface area (TPSA) is 72.2 Å². The molecular formula is C16H24N2O3. The van der Waals surface area contributed by atoms with E-state index in [4.69, 9.17) is 0 Å². The number of nitro groups is 1. The molecule has 0 aromatic heterocycles. The zero-order chi connectivity index (χ0) is 15.8. The highest BCUT2D eigenvalue weighted by atomic mass is 16.6. The van der Waals surface area contributed by atoms with Crippen molar-refractivity contribution in [1.29, 1.82) is 0 Å². The first kappa shape index (κ1) is 17.1. The number of amides is 1. The molecular weight excluding hydrogens is 268 g/mol. The van der Waals surface area contributed by atoms with Gasteiger partial charge in [-0.05, 0) is 37.8 Å². The van der Waals surface area contributed by atoms with Crippen molar-refractivity contribution in [2.75, 3.05) is 0 Å². The molecule has 0 aliphatic carbocycles. The Labute approximate surface area is 125 Å². The quantitative estimate of drug-likeness (QED) is 0.583. The highest BCUT2D eigenvalue weighted by Gasteiger charge is 2.18. The zero-order valence-corrected chi connectivity index (χ0v) is 13.0. The van der Waals surface area contributed by atoms with Gasteiger partial charge in [0.05, 0.1) is 4.92 Å². The van der Waals surface area contributed by atoms with Crippen LogP contribution in [-0.2, 0) is 0 Å². The minimum atomic E-state index is -0.469. The van der Waals surface area contributed by atoms with Crippen molar-refractivity contribution in [3.63, 3.8) is 0 Å². The Morgan fingerprint density at radius 1 is 1.19 bits per heavy atom. The van der Waals surface area contributed by atoms with Gasteiger partial charge >= 0.3 is 0 Å². The van der Waals surface area contributed by atoms with Gasteiger partial charge in [-0.3, -0.25) is 14.9 Å². The third kappa shape index (κ3) is 5.17. The van der Waals surface area contributed by atoms with E-state index in [2.05, 4.69) is 19.2 Å². The van der Waals surface area contributed by atoms with Crippen LogP contribution in [0.5, 0.6) is 0 Å². The van der Waals surface area contributed by atoms with Gasteiger partial charge in [0, 0.05) is 23.7 Å². The van der Waals surface area contributed by atoms with E-state index in [0.29, 0.717) is 11.5 Å². The predicted molar refractivity (Wildman–Crippen MR) is 83.3 cm³/mol. The molecule has 5 nitrogen and oxygen atoms in total. The van der Waals surface area contributed by atoms with Crippen LogP contribution < -0.4 is 5.32 Å². The maximum Gasteiger partial charge on any atom is 0.269 e. The Hall–Kier alpha value is -1.91. The smallest absolute Gasteiger partial charge is 0.269 e. The largest absolute Gasteiger partial charge is 0.349 e. The molecule has 0 fully saturated rings. The van der Waals surface area contributed by atoms with E-state index in [1.54, 1.807) is 0 Å². The summed E-state index contributed by atoms with van der Waals surface area (Å²) in [6.07, 6.45) is 4.38. The standard InChI is InChI=1S/C16H24N2O3/c1-4-6-13(7-5-2)12(3)17-16(19)14-8-10-15(11-9-14)18(20)21/h8-13H,4-7H2,1-3H3,(H,17,19). The Balaban J connectivity index is 2.68. The van der Waals surface area contributed by atoms with Gasteiger partial charge in [-0.2, -0.15) is 0 Å². The number of non-ortho nitro benzene ring substituents is 1. The average molecular weight is 292 g/mol. The molecule has 116 valence electrons. The van der Waals surface area contributed by atoms with Gasteiger partial charge in [0.25, 0.3) is 11.6 Å². The summed E-state index contributed by atoms with van der Waals surface area (Å²) >= 11 is 0. The second-order valence-electron chi connectivity index (χ2n) is 5.40. The minimum absolute atomic E-state index is 0.00515. The van der Waals surface area contributed by atoms with E-state index in [9.17, 15) is 14.9 Å². The average Bonchev–Trinajstić information content (AvgIpc) is 2.47. The van der Waals surface area contributed by atoms with E-state index < -0.39 is 4.92 Å². The van der Waals surface area contributed by atoms with Crippen molar-refractivity contribution in [1.82, 2.24) is 5.32 Å². The lowest BCUT2D eigenvalue weighted by atomic mass is 9.91. The van der Waals surface area contributed by atoms with Crippen LogP contribution in [-0.4, -0.2) is 16.9 Å². The number of nitrogens with one attached hydrogen (secondary N) is 1. The Bertz CT molecular complexity index is 465. The van der Waals surface area contributed by atoms with E-state index in [-0.39, 0.29) is 17.6 Å². The molecule has 0 radical (unpaired) electrons. The van der Waals surface area contributed by atoms with Crippen molar-refractivity contribution in [3.8, 4) is 0 Å².